The van der Waals surface area contributed by atoms with Crippen LogP contribution in [-0.2, 0) is 9.59 Å². The number of rotatable bonds is 7. The number of carbonyl (C=O) groups excluding carboxylic acids is 2. The van der Waals surface area contributed by atoms with Gasteiger partial charge < -0.3 is 4.74 Å². The van der Waals surface area contributed by atoms with Crippen molar-refractivity contribution in [1.29, 1.82) is 0 Å². The van der Waals surface area contributed by atoms with Crippen LogP contribution in [-0.4, -0.2) is 34.7 Å². The summed E-state index contributed by atoms with van der Waals surface area (Å²) in [5, 5.41) is 4.67. The summed E-state index contributed by atoms with van der Waals surface area (Å²) in [4.78, 5) is 27.8. The van der Waals surface area contributed by atoms with Gasteiger partial charge in [-0.05, 0) is 50.2 Å². The Labute approximate surface area is 163 Å². The number of aliphatic imine (C=N–C) groups is 1. The van der Waals surface area contributed by atoms with E-state index in [1.807, 2.05) is 60.7 Å². The molecule has 0 radical (unpaired) electrons. The van der Waals surface area contributed by atoms with Crippen LogP contribution in [0, 0.1) is 5.92 Å². The fourth-order valence-corrected chi connectivity index (χ4v) is 2.77. The van der Waals surface area contributed by atoms with E-state index in [9.17, 15) is 9.59 Å². The van der Waals surface area contributed by atoms with Gasteiger partial charge in [-0.25, -0.2) is 9.67 Å². The van der Waals surface area contributed by atoms with Crippen molar-refractivity contribution in [2.45, 2.75) is 13.8 Å². The van der Waals surface area contributed by atoms with Crippen molar-refractivity contribution in [1.82, 2.24) is 9.78 Å². The van der Waals surface area contributed by atoms with Gasteiger partial charge in [0.2, 0.25) is 0 Å². The van der Waals surface area contributed by atoms with Gasteiger partial charge >= 0.3 is 0 Å². The molecular formula is C22H21N3O3. The second kappa shape index (κ2) is 8.43. The first-order chi connectivity index (χ1) is 13.5. The average Bonchev–Trinajstić information content (AvgIpc) is 3.12. The smallest absolute Gasteiger partial charge is 0.155 e. The minimum absolute atomic E-state index is 0.239. The Morgan fingerprint density at radius 2 is 1.68 bits per heavy atom. The molecule has 0 aliphatic rings. The van der Waals surface area contributed by atoms with Gasteiger partial charge in [0.15, 0.2) is 5.82 Å². The zero-order chi connectivity index (χ0) is 20.1. The standard InChI is InChI=1S/C22H21N3O3/c1-15(26)20(16(2)27)14-23-22-13-21(17-9-11-19(28-3)12-10-17)24-25(22)18-7-5-4-6-8-18/h4-14,20H,1-3H3. The summed E-state index contributed by atoms with van der Waals surface area (Å²) in [7, 11) is 1.62. The fraction of sp³-hybridized carbons (Fsp3) is 0.182. The summed E-state index contributed by atoms with van der Waals surface area (Å²) in [5.41, 5.74) is 2.46. The molecule has 0 N–H and O–H groups in total. The topological polar surface area (TPSA) is 73.5 Å². The van der Waals surface area contributed by atoms with Crippen LogP contribution in [0.5, 0.6) is 5.75 Å². The van der Waals surface area contributed by atoms with Gasteiger partial charge in [-0.2, -0.15) is 5.10 Å². The quantitative estimate of drug-likeness (QED) is 0.461. The fourth-order valence-electron chi connectivity index (χ4n) is 2.77. The molecule has 3 rings (SSSR count). The van der Waals surface area contributed by atoms with E-state index in [0.717, 1.165) is 22.7 Å². The number of carbonyl (C=O) groups is 2. The highest BCUT2D eigenvalue weighted by molar-refractivity contribution is 6.13. The van der Waals surface area contributed by atoms with Crippen LogP contribution < -0.4 is 4.74 Å². The Balaban J connectivity index is 2.05. The second-order valence-electron chi connectivity index (χ2n) is 6.34. The number of ketones is 2. The molecule has 0 unspecified atom stereocenters. The van der Waals surface area contributed by atoms with Gasteiger partial charge in [0.25, 0.3) is 0 Å². The van der Waals surface area contributed by atoms with Crippen molar-refractivity contribution in [3.05, 3.63) is 60.7 Å². The Kier molecular flexibility index (Phi) is 5.79. The monoisotopic (exact) mass is 375 g/mol. The molecule has 6 heteroatoms. The van der Waals surface area contributed by atoms with E-state index < -0.39 is 5.92 Å². The van der Waals surface area contributed by atoms with Crippen molar-refractivity contribution in [3.63, 3.8) is 0 Å². The number of nitrogens with zero attached hydrogens (tertiary/aromatic N) is 3. The van der Waals surface area contributed by atoms with E-state index in [-0.39, 0.29) is 11.6 Å². The maximum Gasteiger partial charge on any atom is 0.155 e. The molecule has 0 amide bonds. The molecule has 2 aromatic carbocycles. The van der Waals surface area contributed by atoms with Crippen molar-refractivity contribution in [3.8, 4) is 22.7 Å². The van der Waals surface area contributed by atoms with E-state index in [0.29, 0.717) is 5.82 Å². The molecular weight excluding hydrogens is 354 g/mol. The Hall–Kier alpha value is -3.54. The first-order valence-corrected chi connectivity index (χ1v) is 8.84. The van der Waals surface area contributed by atoms with E-state index >= 15 is 0 Å². The van der Waals surface area contributed by atoms with Gasteiger partial charge in [-0.15, -0.1) is 0 Å². The minimum atomic E-state index is -0.858. The molecule has 1 aromatic heterocycles. The van der Waals surface area contributed by atoms with E-state index in [4.69, 9.17) is 4.74 Å². The van der Waals surface area contributed by atoms with Crippen LogP contribution >= 0.6 is 0 Å². The summed E-state index contributed by atoms with van der Waals surface area (Å²) in [5.74, 6) is -0.0434. The van der Waals surface area contributed by atoms with Crippen LogP contribution in [0.3, 0.4) is 0 Å². The molecule has 0 bridgehead atoms. The lowest BCUT2D eigenvalue weighted by molar-refractivity contribution is -0.127. The predicted octanol–water partition coefficient (Wildman–Crippen LogP) is 4.04. The minimum Gasteiger partial charge on any atom is -0.497 e. The van der Waals surface area contributed by atoms with Gasteiger partial charge in [0.05, 0.1) is 18.5 Å². The molecule has 142 valence electrons. The summed E-state index contributed by atoms with van der Waals surface area (Å²) in [6.45, 7) is 2.77. The molecule has 0 atom stereocenters. The summed E-state index contributed by atoms with van der Waals surface area (Å²) >= 11 is 0. The summed E-state index contributed by atoms with van der Waals surface area (Å²) < 4.78 is 6.89. The number of methoxy groups -OCH3 is 1. The maximum absolute atomic E-state index is 11.7. The lowest BCUT2D eigenvalue weighted by atomic mass is 10.0. The number of para-hydroxylation sites is 1. The third-order valence-electron chi connectivity index (χ3n) is 4.31. The highest BCUT2D eigenvalue weighted by atomic mass is 16.5. The molecule has 0 saturated heterocycles. The number of hydrogen-bond acceptors (Lipinski definition) is 5. The Bertz CT molecular complexity index is 991. The SMILES string of the molecule is COc1ccc(-c2cc(N=CC(C(C)=O)C(C)=O)n(-c3ccccc3)n2)cc1. The van der Waals surface area contributed by atoms with Crippen LogP contribution in [0.4, 0.5) is 5.82 Å². The number of hydrogen-bond donors (Lipinski definition) is 0. The third kappa shape index (κ3) is 4.23. The van der Waals surface area contributed by atoms with E-state index in [2.05, 4.69) is 10.1 Å². The van der Waals surface area contributed by atoms with Gasteiger partial charge in [0, 0.05) is 17.8 Å². The van der Waals surface area contributed by atoms with Crippen LogP contribution in [0.25, 0.3) is 16.9 Å². The lowest BCUT2D eigenvalue weighted by Gasteiger charge is -2.05. The number of Topliss-reactive ketones (excluding diaryl/α,β-unsaturated/α-hetero) is 2. The van der Waals surface area contributed by atoms with Crippen molar-refractivity contribution in [2.75, 3.05) is 7.11 Å². The predicted molar refractivity (Wildman–Crippen MR) is 109 cm³/mol. The average molecular weight is 375 g/mol. The lowest BCUT2D eigenvalue weighted by Crippen LogP contribution is -2.20. The summed E-state index contributed by atoms with van der Waals surface area (Å²) in [6.07, 6.45) is 1.39. The van der Waals surface area contributed by atoms with Gasteiger partial charge in [-0.3, -0.25) is 9.59 Å². The molecule has 6 nitrogen and oxygen atoms in total. The third-order valence-corrected chi connectivity index (χ3v) is 4.31. The molecule has 0 spiro atoms. The van der Waals surface area contributed by atoms with Crippen LogP contribution in [0.1, 0.15) is 13.8 Å². The zero-order valence-corrected chi connectivity index (χ0v) is 16.0. The molecule has 0 fully saturated rings. The number of benzene rings is 2. The second-order valence-corrected chi connectivity index (χ2v) is 6.34. The van der Waals surface area contributed by atoms with Crippen molar-refractivity contribution < 1.29 is 14.3 Å². The van der Waals surface area contributed by atoms with Gasteiger partial charge in [0.1, 0.15) is 23.2 Å². The molecule has 0 saturated carbocycles. The summed E-state index contributed by atoms with van der Waals surface area (Å²) in [6, 6.07) is 18.9. The van der Waals surface area contributed by atoms with Crippen LogP contribution in [0.15, 0.2) is 65.7 Å². The zero-order valence-electron chi connectivity index (χ0n) is 16.0. The Morgan fingerprint density at radius 1 is 1.04 bits per heavy atom. The van der Waals surface area contributed by atoms with Crippen molar-refractivity contribution in [2.24, 2.45) is 10.9 Å². The molecule has 28 heavy (non-hydrogen) atoms. The number of ether oxygens (including phenoxy) is 1. The normalized spacial score (nSPS) is 11.1. The molecule has 0 aliphatic carbocycles. The highest BCUT2D eigenvalue weighted by Crippen LogP contribution is 2.28. The first-order valence-electron chi connectivity index (χ1n) is 8.84. The van der Waals surface area contributed by atoms with Crippen LogP contribution in [0.2, 0.25) is 0 Å². The molecule has 0 aliphatic heterocycles. The van der Waals surface area contributed by atoms with Crippen molar-refractivity contribution >= 4 is 23.6 Å². The molecule has 3 aromatic rings. The first kappa shape index (κ1) is 19.2. The maximum atomic E-state index is 11.7. The largest absolute Gasteiger partial charge is 0.497 e. The highest BCUT2D eigenvalue weighted by Gasteiger charge is 2.18. The number of aromatic nitrogens is 2. The van der Waals surface area contributed by atoms with E-state index in [1.165, 1.54) is 20.1 Å². The Morgan fingerprint density at radius 3 is 2.25 bits per heavy atom. The van der Waals surface area contributed by atoms with E-state index in [1.54, 1.807) is 11.8 Å². The molecule has 1 heterocycles. The van der Waals surface area contributed by atoms with Gasteiger partial charge in [-0.1, -0.05) is 18.2 Å².